The molecule has 1 heterocycles. The number of thioether (sulfide) groups is 1. The second-order valence-electron chi connectivity index (χ2n) is 1.35. The fourth-order valence-electron chi connectivity index (χ4n) is 0.409. The Morgan fingerprint density at radius 1 is 1.86 bits per heavy atom. The van der Waals surface area contributed by atoms with E-state index >= 15 is 0 Å². The van der Waals surface area contributed by atoms with Crippen molar-refractivity contribution >= 4 is 16.9 Å². The predicted octanol–water partition coefficient (Wildman–Crippen LogP) is -0.667. The van der Waals surface area contributed by atoms with E-state index < -0.39 is 0 Å². The van der Waals surface area contributed by atoms with Crippen molar-refractivity contribution in [3.8, 4) is 0 Å². The molecule has 1 rings (SSSR count). The van der Waals surface area contributed by atoms with Gasteiger partial charge in [0, 0.05) is 5.75 Å². The average Bonchev–Trinajstić information content (AvgIpc) is 1.87. The Morgan fingerprint density at radius 2 is 2.57 bits per heavy atom. The highest BCUT2D eigenvalue weighted by Gasteiger charge is 2.09. The summed E-state index contributed by atoms with van der Waals surface area (Å²) in [5.74, 6) is 0.839. The molecule has 7 heavy (non-hydrogen) atoms. The molecule has 4 N–H and O–H groups in total. The van der Waals surface area contributed by atoms with Crippen LogP contribution in [-0.2, 0) is 0 Å². The molecule has 1 aliphatic rings. The van der Waals surface area contributed by atoms with Crippen molar-refractivity contribution in [2.45, 2.75) is 6.17 Å². The molecule has 3 nitrogen and oxygen atoms in total. The highest BCUT2D eigenvalue weighted by atomic mass is 32.2. The van der Waals surface area contributed by atoms with Gasteiger partial charge in [-0.3, -0.25) is 0 Å². The minimum absolute atomic E-state index is 0.0509. The van der Waals surface area contributed by atoms with Crippen molar-refractivity contribution in [2.24, 2.45) is 16.5 Å². The van der Waals surface area contributed by atoms with Gasteiger partial charge in [0.05, 0.1) is 0 Å². The maximum absolute atomic E-state index is 5.34. The van der Waals surface area contributed by atoms with E-state index in [2.05, 4.69) is 4.99 Å². The van der Waals surface area contributed by atoms with Gasteiger partial charge in [0.1, 0.15) is 6.17 Å². The van der Waals surface area contributed by atoms with Crippen LogP contribution in [0.3, 0.4) is 0 Å². The van der Waals surface area contributed by atoms with Crippen LogP contribution >= 0.6 is 11.8 Å². The van der Waals surface area contributed by atoms with E-state index in [0.717, 1.165) is 5.75 Å². The Balaban J connectivity index is 2.50. The molecule has 0 spiro atoms. The molecule has 0 aromatic rings. The SMILES string of the molecule is NC1=NC(N)CS1. The van der Waals surface area contributed by atoms with Crippen molar-refractivity contribution < 1.29 is 0 Å². The maximum Gasteiger partial charge on any atom is 0.155 e. The van der Waals surface area contributed by atoms with E-state index in [-0.39, 0.29) is 6.17 Å². The van der Waals surface area contributed by atoms with E-state index in [9.17, 15) is 0 Å². The van der Waals surface area contributed by atoms with Gasteiger partial charge in [-0.15, -0.1) is 0 Å². The predicted molar refractivity (Wildman–Crippen MR) is 32.1 cm³/mol. The number of hydrogen-bond donors (Lipinski definition) is 2. The molecule has 1 aliphatic heterocycles. The largest absolute Gasteiger partial charge is 0.378 e. The first kappa shape index (κ1) is 4.93. The molecule has 0 aromatic carbocycles. The minimum Gasteiger partial charge on any atom is -0.378 e. The van der Waals surface area contributed by atoms with Crippen LogP contribution in [0.15, 0.2) is 4.99 Å². The van der Waals surface area contributed by atoms with Crippen LogP contribution in [0, 0.1) is 0 Å². The van der Waals surface area contributed by atoms with Gasteiger partial charge in [0.2, 0.25) is 0 Å². The van der Waals surface area contributed by atoms with Gasteiger partial charge < -0.3 is 11.5 Å². The Hall–Kier alpha value is -0.220. The monoisotopic (exact) mass is 117 g/mol. The van der Waals surface area contributed by atoms with E-state index in [1.165, 1.54) is 11.8 Å². The number of rotatable bonds is 0. The van der Waals surface area contributed by atoms with Gasteiger partial charge >= 0.3 is 0 Å². The molecule has 0 radical (unpaired) electrons. The third-order valence-corrected chi connectivity index (χ3v) is 1.60. The first-order chi connectivity index (χ1) is 3.29. The molecule has 0 aromatic heterocycles. The normalized spacial score (nSPS) is 30.4. The van der Waals surface area contributed by atoms with Crippen molar-refractivity contribution in [3.05, 3.63) is 0 Å². The van der Waals surface area contributed by atoms with Crippen LogP contribution < -0.4 is 11.5 Å². The van der Waals surface area contributed by atoms with Crippen LogP contribution in [0.1, 0.15) is 0 Å². The fraction of sp³-hybridized carbons (Fsp3) is 0.667. The molecule has 1 unspecified atom stereocenters. The highest BCUT2D eigenvalue weighted by Crippen LogP contribution is 2.09. The zero-order valence-corrected chi connectivity index (χ0v) is 4.61. The Kier molecular flexibility index (Phi) is 1.21. The third-order valence-electron chi connectivity index (χ3n) is 0.695. The molecule has 0 amide bonds. The van der Waals surface area contributed by atoms with E-state index in [1.807, 2.05) is 0 Å². The van der Waals surface area contributed by atoms with Gasteiger partial charge in [-0.1, -0.05) is 11.8 Å². The molecular formula is C3H7N3S. The molecule has 0 aliphatic carbocycles. The van der Waals surface area contributed by atoms with Crippen molar-refractivity contribution in [3.63, 3.8) is 0 Å². The summed E-state index contributed by atoms with van der Waals surface area (Å²) in [6.45, 7) is 0. The van der Waals surface area contributed by atoms with Gasteiger partial charge in [-0.2, -0.15) is 0 Å². The van der Waals surface area contributed by atoms with E-state index in [0.29, 0.717) is 5.17 Å². The molecular weight excluding hydrogens is 110 g/mol. The summed E-state index contributed by atoms with van der Waals surface area (Å²) in [7, 11) is 0. The number of nitrogens with zero attached hydrogens (tertiary/aromatic N) is 1. The van der Waals surface area contributed by atoms with Gasteiger partial charge in [-0.25, -0.2) is 4.99 Å². The lowest BCUT2D eigenvalue weighted by molar-refractivity contribution is 0.818. The van der Waals surface area contributed by atoms with Crippen LogP contribution in [0.25, 0.3) is 0 Å². The second-order valence-corrected chi connectivity index (χ2v) is 2.39. The summed E-state index contributed by atoms with van der Waals surface area (Å²) < 4.78 is 0. The third kappa shape index (κ3) is 1.07. The van der Waals surface area contributed by atoms with Crippen LogP contribution in [-0.4, -0.2) is 17.1 Å². The highest BCUT2D eigenvalue weighted by molar-refractivity contribution is 8.14. The molecule has 1 atom stereocenters. The topological polar surface area (TPSA) is 64.4 Å². The molecule has 0 fully saturated rings. The van der Waals surface area contributed by atoms with Gasteiger partial charge in [0.25, 0.3) is 0 Å². The van der Waals surface area contributed by atoms with Crippen molar-refractivity contribution in [1.82, 2.24) is 0 Å². The average molecular weight is 117 g/mol. The molecule has 0 bridgehead atoms. The Labute approximate surface area is 46.2 Å². The lowest BCUT2D eigenvalue weighted by Crippen LogP contribution is -2.16. The fourth-order valence-corrected chi connectivity index (χ4v) is 1.03. The standard InChI is InChI=1S/C3H7N3S/c4-2-1-7-3(5)6-2/h2H,1,4H2,(H2,5,6). The van der Waals surface area contributed by atoms with Gasteiger partial charge in [0.15, 0.2) is 5.17 Å². The minimum atomic E-state index is -0.0509. The summed E-state index contributed by atoms with van der Waals surface area (Å²) in [6.07, 6.45) is -0.0509. The summed E-state index contributed by atoms with van der Waals surface area (Å²) in [4.78, 5) is 3.82. The zero-order valence-electron chi connectivity index (χ0n) is 3.79. The number of amidine groups is 1. The van der Waals surface area contributed by atoms with Crippen LogP contribution in [0.5, 0.6) is 0 Å². The first-order valence-corrected chi connectivity index (χ1v) is 2.99. The number of nitrogens with two attached hydrogens (primary N) is 2. The van der Waals surface area contributed by atoms with Gasteiger partial charge in [-0.05, 0) is 0 Å². The quantitative estimate of drug-likeness (QED) is 0.442. The van der Waals surface area contributed by atoms with Crippen LogP contribution in [0.2, 0.25) is 0 Å². The first-order valence-electron chi connectivity index (χ1n) is 2.00. The smallest absolute Gasteiger partial charge is 0.155 e. The van der Waals surface area contributed by atoms with E-state index in [4.69, 9.17) is 11.5 Å². The molecule has 4 heteroatoms. The summed E-state index contributed by atoms with van der Waals surface area (Å²) in [5.41, 5.74) is 10.6. The molecule has 0 saturated carbocycles. The van der Waals surface area contributed by atoms with Crippen molar-refractivity contribution in [1.29, 1.82) is 0 Å². The number of aliphatic imine (C=N–C) groups is 1. The zero-order chi connectivity index (χ0) is 5.28. The molecule has 0 saturated heterocycles. The van der Waals surface area contributed by atoms with Crippen LogP contribution in [0.4, 0.5) is 0 Å². The summed E-state index contributed by atoms with van der Waals surface area (Å²) >= 11 is 1.51. The second kappa shape index (κ2) is 1.71. The van der Waals surface area contributed by atoms with E-state index in [1.54, 1.807) is 0 Å². The molecule has 40 valence electrons. The Bertz CT molecular complexity index is 100. The number of hydrogen-bond acceptors (Lipinski definition) is 4. The Morgan fingerprint density at radius 3 is 2.71 bits per heavy atom. The summed E-state index contributed by atoms with van der Waals surface area (Å²) in [5, 5.41) is 0.618. The summed E-state index contributed by atoms with van der Waals surface area (Å²) in [6, 6.07) is 0. The lowest BCUT2D eigenvalue weighted by atomic mass is 10.6. The maximum atomic E-state index is 5.34. The van der Waals surface area contributed by atoms with Crippen molar-refractivity contribution in [2.75, 3.05) is 5.75 Å². The lowest BCUT2D eigenvalue weighted by Gasteiger charge is -1.88.